The van der Waals surface area contributed by atoms with Crippen LogP contribution in [0.2, 0.25) is 0 Å². The van der Waals surface area contributed by atoms with Gasteiger partial charge in [-0.15, -0.1) is 0 Å². The van der Waals surface area contributed by atoms with Crippen molar-refractivity contribution in [2.45, 2.75) is 12.8 Å². The molecule has 5 nitrogen and oxygen atoms in total. The fourth-order valence-electron chi connectivity index (χ4n) is 0.741. The van der Waals surface area contributed by atoms with Crippen molar-refractivity contribution in [1.29, 1.82) is 0 Å². The summed E-state index contributed by atoms with van der Waals surface area (Å²) in [5.74, 6) is -0.989. The van der Waals surface area contributed by atoms with Crippen LogP contribution in [-0.2, 0) is 14.3 Å². The van der Waals surface area contributed by atoms with Crippen LogP contribution in [0.3, 0.4) is 0 Å². The summed E-state index contributed by atoms with van der Waals surface area (Å²) < 4.78 is 4.67. The Balaban J connectivity index is 3.69. The predicted octanol–water partition coefficient (Wildman–Crippen LogP) is 0.118. The zero-order valence-electron chi connectivity index (χ0n) is 8.49. The SMILES string of the molecule is C=CC(=O)NCOC(=O)C(=C)CCCO. The van der Waals surface area contributed by atoms with Gasteiger partial charge in [0.1, 0.15) is 0 Å². The van der Waals surface area contributed by atoms with Crippen molar-refractivity contribution in [3.63, 3.8) is 0 Å². The van der Waals surface area contributed by atoms with Crippen molar-refractivity contribution >= 4 is 11.9 Å². The second-order valence-corrected chi connectivity index (χ2v) is 2.75. The van der Waals surface area contributed by atoms with Gasteiger partial charge in [0.25, 0.3) is 0 Å². The molecule has 0 fully saturated rings. The van der Waals surface area contributed by atoms with E-state index >= 15 is 0 Å². The molecule has 0 aromatic heterocycles. The number of carbonyl (C=O) groups excluding carboxylic acids is 2. The summed E-state index contributed by atoms with van der Waals surface area (Å²) in [6.45, 7) is 6.52. The highest BCUT2D eigenvalue weighted by atomic mass is 16.5. The van der Waals surface area contributed by atoms with E-state index in [-0.39, 0.29) is 18.9 Å². The molecule has 0 atom stereocenters. The maximum atomic E-state index is 11.1. The van der Waals surface area contributed by atoms with Crippen LogP contribution in [0, 0.1) is 0 Å². The molecule has 0 bridgehead atoms. The van der Waals surface area contributed by atoms with E-state index in [1.54, 1.807) is 0 Å². The van der Waals surface area contributed by atoms with Crippen molar-refractivity contribution in [2.75, 3.05) is 13.3 Å². The Hall–Kier alpha value is -1.62. The van der Waals surface area contributed by atoms with E-state index in [0.717, 1.165) is 6.08 Å². The lowest BCUT2D eigenvalue weighted by Gasteiger charge is -2.06. The third kappa shape index (κ3) is 6.45. The van der Waals surface area contributed by atoms with E-state index in [1.807, 2.05) is 0 Å². The summed E-state index contributed by atoms with van der Waals surface area (Å²) in [6.07, 6.45) is 1.92. The molecule has 0 rings (SSSR count). The predicted molar refractivity (Wildman–Crippen MR) is 54.8 cm³/mol. The van der Waals surface area contributed by atoms with Crippen LogP contribution in [0.15, 0.2) is 24.8 Å². The molecule has 0 heterocycles. The van der Waals surface area contributed by atoms with E-state index in [4.69, 9.17) is 5.11 Å². The zero-order chi connectivity index (χ0) is 11.7. The maximum Gasteiger partial charge on any atom is 0.335 e. The molecule has 0 saturated heterocycles. The lowest BCUT2D eigenvalue weighted by Crippen LogP contribution is -2.26. The van der Waals surface area contributed by atoms with Crippen molar-refractivity contribution in [2.24, 2.45) is 0 Å². The molecule has 0 aromatic rings. The Bertz CT molecular complexity index is 260. The summed E-state index contributed by atoms with van der Waals surface area (Å²) >= 11 is 0. The molecule has 0 aliphatic heterocycles. The van der Waals surface area contributed by atoms with Crippen molar-refractivity contribution in [1.82, 2.24) is 5.32 Å². The van der Waals surface area contributed by atoms with Crippen molar-refractivity contribution in [3.8, 4) is 0 Å². The number of ether oxygens (including phenoxy) is 1. The smallest absolute Gasteiger partial charge is 0.335 e. The highest BCUT2D eigenvalue weighted by Crippen LogP contribution is 2.03. The molecule has 84 valence electrons. The Morgan fingerprint density at radius 3 is 2.67 bits per heavy atom. The topological polar surface area (TPSA) is 75.6 Å². The molecular weight excluding hydrogens is 198 g/mol. The largest absolute Gasteiger partial charge is 0.441 e. The Labute approximate surface area is 88.4 Å². The Morgan fingerprint density at radius 2 is 2.13 bits per heavy atom. The quantitative estimate of drug-likeness (QED) is 0.358. The third-order valence-electron chi connectivity index (χ3n) is 1.56. The molecule has 0 saturated carbocycles. The average Bonchev–Trinajstić information content (AvgIpc) is 2.25. The summed E-state index contributed by atoms with van der Waals surface area (Å²) in [5.41, 5.74) is 0.275. The summed E-state index contributed by atoms with van der Waals surface area (Å²) in [6, 6.07) is 0. The molecule has 1 amide bonds. The minimum atomic E-state index is -0.576. The molecule has 0 unspecified atom stereocenters. The van der Waals surface area contributed by atoms with E-state index in [0.29, 0.717) is 12.8 Å². The minimum absolute atomic E-state index is 0.000496. The van der Waals surface area contributed by atoms with Gasteiger partial charge in [-0.3, -0.25) is 4.79 Å². The number of rotatable bonds is 7. The van der Waals surface area contributed by atoms with E-state index < -0.39 is 11.9 Å². The molecule has 5 heteroatoms. The molecule has 2 N–H and O–H groups in total. The first-order valence-corrected chi connectivity index (χ1v) is 4.47. The van der Waals surface area contributed by atoms with Gasteiger partial charge in [0.15, 0.2) is 6.73 Å². The molecule has 0 spiro atoms. The summed E-state index contributed by atoms with van der Waals surface area (Å²) in [4.78, 5) is 21.8. The van der Waals surface area contributed by atoms with Crippen LogP contribution in [0.4, 0.5) is 0 Å². The van der Waals surface area contributed by atoms with Crippen LogP contribution >= 0.6 is 0 Å². The first-order valence-electron chi connectivity index (χ1n) is 4.47. The van der Waals surface area contributed by atoms with Gasteiger partial charge in [-0.05, 0) is 18.9 Å². The van der Waals surface area contributed by atoms with E-state index in [2.05, 4.69) is 23.2 Å². The van der Waals surface area contributed by atoms with Crippen LogP contribution in [-0.4, -0.2) is 30.3 Å². The van der Waals surface area contributed by atoms with Gasteiger partial charge in [-0.1, -0.05) is 13.2 Å². The first kappa shape index (κ1) is 13.4. The Morgan fingerprint density at radius 1 is 1.47 bits per heavy atom. The maximum absolute atomic E-state index is 11.1. The number of amides is 1. The van der Waals surface area contributed by atoms with Crippen LogP contribution in [0.5, 0.6) is 0 Å². The minimum Gasteiger partial charge on any atom is -0.441 e. The summed E-state index contributed by atoms with van der Waals surface area (Å²) in [5, 5.41) is 10.8. The highest BCUT2D eigenvalue weighted by molar-refractivity contribution is 5.89. The number of hydrogen-bond donors (Lipinski definition) is 2. The third-order valence-corrected chi connectivity index (χ3v) is 1.56. The second-order valence-electron chi connectivity index (χ2n) is 2.75. The molecule has 0 aliphatic rings. The number of aliphatic hydroxyl groups is 1. The molecule has 15 heavy (non-hydrogen) atoms. The first-order chi connectivity index (χ1) is 7.11. The fourth-order valence-corrected chi connectivity index (χ4v) is 0.741. The number of esters is 1. The standard InChI is InChI=1S/C10H15NO4/c1-3-9(13)11-7-15-10(14)8(2)5-4-6-12/h3,12H,1-2,4-7H2,(H,11,13). The van der Waals surface area contributed by atoms with Gasteiger partial charge in [0, 0.05) is 12.2 Å². The fraction of sp³-hybridized carbons (Fsp3) is 0.400. The number of aliphatic hydroxyl groups excluding tert-OH is 1. The van der Waals surface area contributed by atoms with E-state index in [9.17, 15) is 9.59 Å². The molecule has 0 aliphatic carbocycles. The normalized spacial score (nSPS) is 9.13. The van der Waals surface area contributed by atoms with E-state index in [1.165, 1.54) is 0 Å². The zero-order valence-corrected chi connectivity index (χ0v) is 8.49. The second kappa shape index (κ2) is 7.75. The number of carbonyl (C=O) groups is 2. The lowest BCUT2D eigenvalue weighted by atomic mass is 10.2. The molecule has 0 radical (unpaired) electrons. The van der Waals surface area contributed by atoms with Gasteiger partial charge in [0.2, 0.25) is 5.91 Å². The van der Waals surface area contributed by atoms with Gasteiger partial charge in [-0.25, -0.2) is 4.79 Å². The van der Waals surface area contributed by atoms with Crippen molar-refractivity contribution < 1.29 is 19.4 Å². The van der Waals surface area contributed by atoms with Crippen LogP contribution in [0.1, 0.15) is 12.8 Å². The van der Waals surface area contributed by atoms with Gasteiger partial charge >= 0.3 is 5.97 Å². The van der Waals surface area contributed by atoms with Crippen LogP contribution in [0.25, 0.3) is 0 Å². The molecular formula is C10H15NO4. The highest BCUT2D eigenvalue weighted by Gasteiger charge is 2.07. The van der Waals surface area contributed by atoms with Gasteiger partial charge < -0.3 is 15.2 Å². The van der Waals surface area contributed by atoms with Gasteiger partial charge in [-0.2, -0.15) is 0 Å². The average molecular weight is 213 g/mol. The number of hydrogen-bond acceptors (Lipinski definition) is 4. The van der Waals surface area contributed by atoms with Crippen LogP contribution < -0.4 is 5.32 Å². The van der Waals surface area contributed by atoms with Gasteiger partial charge in [0.05, 0.1) is 0 Å². The molecule has 0 aromatic carbocycles. The lowest BCUT2D eigenvalue weighted by molar-refractivity contribution is -0.140. The summed E-state index contributed by atoms with van der Waals surface area (Å²) in [7, 11) is 0. The Kier molecular flexibility index (Phi) is 6.92. The van der Waals surface area contributed by atoms with Crippen molar-refractivity contribution in [3.05, 3.63) is 24.8 Å². The number of nitrogens with one attached hydrogen (secondary N) is 1. The monoisotopic (exact) mass is 213 g/mol.